The fraction of sp³-hybridized carbons (Fsp3) is 0.300. The quantitative estimate of drug-likeness (QED) is 0.704. The number of aromatic nitrogens is 1. The second kappa shape index (κ2) is 7.92. The standard InChI is InChI=1S/C20H23FN2O2/c1-4-11-20(5-2,6-3)15-7-9-16(10-8-15)25-19-17(21)12-14(13-23-19)18(22)24/h4,7-10,12-13H,1,5-6,11H2,2-3H3,(H2,22,24). The minimum Gasteiger partial charge on any atom is -0.436 e. The van der Waals surface area contributed by atoms with Gasteiger partial charge in [0.15, 0.2) is 5.82 Å². The SMILES string of the molecule is C=CCC(CC)(CC)c1ccc(Oc2ncc(C(N)=O)cc2F)cc1. The Morgan fingerprint density at radius 3 is 2.44 bits per heavy atom. The van der Waals surface area contributed by atoms with Crippen LogP contribution >= 0.6 is 0 Å². The summed E-state index contributed by atoms with van der Waals surface area (Å²) in [4.78, 5) is 14.8. The lowest BCUT2D eigenvalue weighted by molar-refractivity contribution is 0.0999. The molecule has 1 amide bonds. The van der Waals surface area contributed by atoms with Crippen molar-refractivity contribution in [1.82, 2.24) is 4.98 Å². The largest absolute Gasteiger partial charge is 0.436 e. The molecule has 4 nitrogen and oxygen atoms in total. The molecule has 0 unspecified atom stereocenters. The van der Waals surface area contributed by atoms with Gasteiger partial charge in [-0.1, -0.05) is 32.1 Å². The van der Waals surface area contributed by atoms with Gasteiger partial charge in [-0.25, -0.2) is 9.37 Å². The van der Waals surface area contributed by atoms with E-state index in [1.165, 1.54) is 11.8 Å². The summed E-state index contributed by atoms with van der Waals surface area (Å²) in [5.74, 6) is -1.19. The van der Waals surface area contributed by atoms with Crippen molar-refractivity contribution in [2.75, 3.05) is 0 Å². The van der Waals surface area contributed by atoms with Gasteiger partial charge in [-0.05, 0) is 48.4 Å². The van der Waals surface area contributed by atoms with E-state index in [1.807, 2.05) is 18.2 Å². The number of nitrogens with zero attached hydrogens (tertiary/aromatic N) is 1. The average molecular weight is 342 g/mol. The van der Waals surface area contributed by atoms with Crippen molar-refractivity contribution in [3.05, 3.63) is 66.1 Å². The van der Waals surface area contributed by atoms with E-state index in [0.29, 0.717) is 5.75 Å². The van der Waals surface area contributed by atoms with Crippen molar-refractivity contribution in [2.24, 2.45) is 5.73 Å². The van der Waals surface area contributed by atoms with Crippen molar-refractivity contribution in [3.8, 4) is 11.6 Å². The van der Waals surface area contributed by atoms with Crippen LogP contribution in [0.4, 0.5) is 4.39 Å². The monoisotopic (exact) mass is 342 g/mol. The zero-order chi connectivity index (χ0) is 18.4. The van der Waals surface area contributed by atoms with E-state index >= 15 is 0 Å². The Balaban J connectivity index is 2.23. The van der Waals surface area contributed by atoms with Crippen molar-refractivity contribution in [1.29, 1.82) is 0 Å². The number of rotatable bonds is 8. The second-order valence-corrected chi connectivity index (χ2v) is 5.98. The molecular weight excluding hydrogens is 319 g/mol. The van der Waals surface area contributed by atoms with Gasteiger partial charge in [0, 0.05) is 6.20 Å². The Bertz CT molecular complexity index is 753. The maximum Gasteiger partial charge on any atom is 0.255 e. The highest BCUT2D eigenvalue weighted by Crippen LogP contribution is 2.36. The summed E-state index contributed by atoms with van der Waals surface area (Å²) < 4.78 is 19.4. The van der Waals surface area contributed by atoms with Gasteiger partial charge in [0.05, 0.1) is 5.56 Å². The summed E-state index contributed by atoms with van der Waals surface area (Å²) in [5, 5.41) is 0. The molecule has 2 aromatic rings. The highest BCUT2D eigenvalue weighted by molar-refractivity contribution is 5.92. The fourth-order valence-corrected chi connectivity index (χ4v) is 2.96. The molecule has 1 heterocycles. The van der Waals surface area contributed by atoms with Gasteiger partial charge in [-0.2, -0.15) is 0 Å². The van der Waals surface area contributed by atoms with Gasteiger partial charge in [-0.3, -0.25) is 4.79 Å². The summed E-state index contributed by atoms with van der Waals surface area (Å²) in [6.45, 7) is 8.19. The molecule has 0 aliphatic heterocycles. The number of allylic oxidation sites excluding steroid dienone is 1. The van der Waals surface area contributed by atoms with Crippen LogP contribution in [0.5, 0.6) is 11.6 Å². The Morgan fingerprint density at radius 1 is 1.32 bits per heavy atom. The van der Waals surface area contributed by atoms with E-state index in [2.05, 4.69) is 25.4 Å². The van der Waals surface area contributed by atoms with E-state index in [0.717, 1.165) is 25.3 Å². The summed E-state index contributed by atoms with van der Waals surface area (Å²) in [6.07, 6.45) is 6.03. The number of ether oxygens (including phenoxy) is 1. The van der Waals surface area contributed by atoms with Crippen LogP contribution in [0.15, 0.2) is 49.2 Å². The predicted octanol–water partition coefficient (Wildman–Crippen LogP) is 4.75. The molecule has 1 aromatic heterocycles. The summed E-state index contributed by atoms with van der Waals surface area (Å²) in [6, 6.07) is 8.58. The van der Waals surface area contributed by atoms with Gasteiger partial charge in [0.2, 0.25) is 5.91 Å². The molecule has 0 fully saturated rings. The van der Waals surface area contributed by atoms with E-state index in [4.69, 9.17) is 10.5 Å². The normalized spacial score (nSPS) is 11.2. The van der Waals surface area contributed by atoms with Gasteiger partial charge >= 0.3 is 0 Å². The second-order valence-electron chi connectivity index (χ2n) is 5.98. The first kappa shape index (κ1) is 18.6. The van der Waals surface area contributed by atoms with Crippen LogP contribution in [0.1, 0.15) is 49.0 Å². The maximum atomic E-state index is 14.0. The first-order chi connectivity index (χ1) is 12.0. The summed E-state index contributed by atoms with van der Waals surface area (Å²) >= 11 is 0. The Kier molecular flexibility index (Phi) is 5.91. The zero-order valence-electron chi connectivity index (χ0n) is 14.6. The number of hydrogen-bond acceptors (Lipinski definition) is 3. The number of carbonyl (C=O) groups excluding carboxylic acids is 1. The summed E-state index contributed by atoms with van der Waals surface area (Å²) in [5.41, 5.74) is 6.35. The number of amides is 1. The molecule has 1 aromatic carbocycles. The van der Waals surface area contributed by atoms with Gasteiger partial charge < -0.3 is 10.5 Å². The van der Waals surface area contributed by atoms with Crippen LogP contribution in [0.3, 0.4) is 0 Å². The molecule has 0 atom stereocenters. The number of hydrogen-bond donors (Lipinski definition) is 1. The number of carbonyl (C=O) groups is 1. The molecule has 5 heteroatoms. The number of benzene rings is 1. The molecule has 0 bridgehead atoms. The topological polar surface area (TPSA) is 65.2 Å². The van der Waals surface area contributed by atoms with E-state index in [1.54, 1.807) is 12.1 Å². The van der Waals surface area contributed by atoms with Crippen LogP contribution in [-0.4, -0.2) is 10.9 Å². The smallest absolute Gasteiger partial charge is 0.255 e. The number of nitrogens with two attached hydrogens (primary N) is 1. The highest BCUT2D eigenvalue weighted by Gasteiger charge is 2.26. The molecule has 0 aliphatic rings. The third kappa shape index (κ3) is 4.05. The third-order valence-corrected chi connectivity index (χ3v) is 4.66. The van der Waals surface area contributed by atoms with Gasteiger partial charge in [0.1, 0.15) is 5.75 Å². The van der Waals surface area contributed by atoms with Crippen LogP contribution in [0.2, 0.25) is 0 Å². The minimum atomic E-state index is -0.736. The molecule has 25 heavy (non-hydrogen) atoms. The lowest BCUT2D eigenvalue weighted by atomic mass is 9.73. The zero-order valence-corrected chi connectivity index (χ0v) is 14.6. The van der Waals surface area contributed by atoms with Crippen LogP contribution in [0, 0.1) is 5.82 Å². The lowest BCUT2D eigenvalue weighted by Gasteiger charge is -2.31. The third-order valence-electron chi connectivity index (χ3n) is 4.66. The maximum absolute atomic E-state index is 14.0. The Hall–Kier alpha value is -2.69. The Labute approximate surface area is 147 Å². The number of pyridine rings is 1. The first-order valence-corrected chi connectivity index (χ1v) is 8.30. The van der Waals surface area contributed by atoms with Crippen LogP contribution < -0.4 is 10.5 Å². The molecule has 2 N–H and O–H groups in total. The molecule has 0 saturated heterocycles. The molecule has 0 radical (unpaired) electrons. The van der Waals surface area contributed by atoms with E-state index in [-0.39, 0.29) is 16.9 Å². The van der Waals surface area contributed by atoms with Crippen molar-refractivity contribution < 1.29 is 13.9 Å². The fourth-order valence-electron chi connectivity index (χ4n) is 2.96. The molecule has 0 saturated carbocycles. The van der Waals surface area contributed by atoms with Crippen molar-refractivity contribution >= 4 is 5.91 Å². The van der Waals surface area contributed by atoms with Crippen LogP contribution in [-0.2, 0) is 5.41 Å². The van der Waals surface area contributed by atoms with Crippen molar-refractivity contribution in [2.45, 2.75) is 38.5 Å². The predicted molar refractivity (Wildman–Crippen MR) is 96.3 cm³/mol. The average Bonchev–Trinajstić information content (AvgIpc) is 2.62. The molecule has 0 spiro atoms. The van der Waals surface area contributed by atoms with E-state index in [9.17, 15) is 9.18 Å². The van der Waals surface area contributed by atoms with Gasteiger partial charge in [-0.15, -0.1) is 6.58 Å². The molecule has 0 aliphatic carbocycles. The molecular formula is C20H23FN2O2. The summed E-state index contributed by atoms with van der Waals surface area (Å²) in [7, 11) is 0. The molecule has 2 rings (SSSR count). The number of halogens is 1. The highest BCUT2D eigenvalue weighted by atomic mass is 19.1. The Morgan fingerprint density at radius 2 is 1.96 bits per heavy atom. The number of primary amides is 1. The van der Waals surface area contributed by atoms with E-state index < -0.39 is 11.7 Å². The first-order valence-electron chi connectivity index (χ1n) is 8.30. The minimum absolute atomic E-state index is 0.000276. The molecule has 132 valence electrons. The van der Waals surface area contributed by atoms with Gasteiger partial charge in [0.25, 0.3) is 5.88 Å². The lowest BCUT2D eigenvalue weighted by Crippen LogP contribution is -2.23. The van der Waals surface area contributed by atoms with Crippen molar-refractivity contribution in [3.63, 3.8) is 0 Å². The van der Waals surface area contributed by atoms with Crippen LogP contribution in [0.25, 0.3) is 0 Å².